The highest BCUT2D eigenvalue weighted by atomic mass is 16.5. The molecule has 0 unspecified atom stereocenters. The number of ether oxygens (including phenoxy) is 1. The molecule has 1 aliphatic rings. The number of methoxy groups -OCH3 is 1. The van der Waals surface area contributed by atoms with Crippen LogP contribution in [0.2, 0.25) is 0 Å². The van der Waals surface area contributed by atoms with E-state index in [0.29, 0.717) is 25.5 Å². The van der Waals surface area contributed by atoms with Gasteiger partial charge >= 0.3 is 0 Å². The Morgan fingerprint density at radius 2 is 1.94 bits per heavy atom. The Hall–Kier alpha value is -4.29. The maximum Gasteiger partial charge on any atom is 0.258 e. The maximum atomic E-state index is 13.2. The second-order valence-corrected chi connectivity index (χ2v) is 8.04. The van der Waals surface area contributed by atoms with Gasteiger partial charge in [0.25, 0.3) is 5.56 Å². The molecule has 2 aromatic carbocycles. The molecule has 5 rings (SSSR count). The van der Waals surface area contributed by atoms with Crippen molar-refractivity contribution in [2.24, 2.45) is 0 Å². The highest BCUT2D eigenvalue weighted by Crippen LogP contribution is 2.16. The predicted molar refractivity (Wildman–Crippen MR) is 126 cm³/mol. The van der Waals surface area contributed by atoms with Crippen LogP contribution in [0.3, 0.4) is 0 Å². The number of rotatable bonds is 5. The van der Waals surface area contributed by atoms with Crippen molar-refractivity contribution in [3.63, 3.8) is 0 Å². The molecule has 1 N–H and O–H groups in total. The largest absolute Gasteiger partial charge is 0.497 e. The first-order chi connectivity index (χ1) is 16.7. The Bertz CT molecular complexity index is 1380. The summed E-state index contributed by atoms with van der Waals surface area (Å²) < 4.78 is 6.84. The number of hydrogen-bond donors (Lipinski definition) is 1. The molecule has 3 heterocycles. The molecular weight excluding hydrogens is 430 g/mol. The molecular formula is C25H23N7O2. The Labute approximate surface area is 196 Å². The summed E-state index contributed by atoms with van der Waals surface area (Å²) >= 11 is 0. The van der Waals surface area contributed by atoms with Crippen LogP contribution in [0.5, 0.6) is 5.75 Å². The monoisotopic (exact) mass is 453 g/mol. The van der Waals surface area contributed by atoms with Crippen LogP contribution >= 0.6 is 0 Å². The van der Waals surface area contributed by atoms with Gasteiger partial charge in [-0.15, -0.1) is 5.10 Å². The minimum absolute atomic E-state index is 0.00123. The average Bonchev–Trinajstić information content (AvgIpc) is 3.42. The Kier molecular flexibility index (Phi) is 6.14. The van der Waals surface area contributed by atoms with Crippen LogP contribution in [-0.4, -0.2) is 55.3 Å². The van der Waals surface area contributed by atoms with Crippen LogP contribution in [0.15, 0.2) is 59.7 Å². The number of nitrogens with one attached hydrogen (secondary N) is 1. The van der Waals surface area contributed by atoms with Gasteiger partial charge in [0.15, 0.2) is 5.82 Å². The van der Waals surface area contributed by atoms with Gasteiger partial charge in [-0.25, -0.2) is 10.1 Å². The van der Waals surface area contributed by atoms with Gasteiger partial charge in [-0.3, -0.25) is 14.3 Å². The third kappa shape index (κ3) is 4.72. The Morgan fingerprint density at radius 3 is 2.68 bits per heavy atom. The SMILES string of the molecule is COc1ccc(C#CCN2CCc3ncn(Cc4ccc(-c5nnn[nH]5)cc4)c(=O)c3C2)cc1. The first-order valence-corrected chi connectivity index (χ1v) is 10.9. The number of aromatic nitrogens is 6. The number of H-pyrrole nitrogens is 1. The first kappa shape index (κ1) is 21.6. The van der Waals surface area contributed by atoms with Crippen molar-refractivity contribution in [1.82, 2.24) is 35.1 Å². The maximum absolute atomic E-state index is 13.2. The molecule has 0 fully saturated rings. The topological polar surface area (TPSA) is 102 Å². The minimum atomic E-state index is 0.00123. The summed E-state index contributed by atoms with van der Waals surface area (Å²) in [6, 6.07) is 15.5. The summed E-state index contributed by atoms with van der Waals surface area (Å²) in [6.07, 6.45) is 2.39. The molecule has 0 bridgehead atoms. The number of hydrogen-bond acceptors (Lipinski definition) is 7. The van der Waals surface area contributed by atoms with Crippen molar-refractivity contribution in [3.8, 4) is 29.0 Å². The van der Waals surface area contributed by atoms with Crippen molar-refractivity contribution < 1.29 is 4.74 Å². The van der Waals surface area contributed by atoms with E-state index in [0.717, 1.165) is 46.7 Å². The highest BCUT2D eigenvalue weighted by molar-refractivity contribution is 5.54. The zero-order valence-corrected chi connectivity index (χ0v) is 18.7. The van der Waals surface area contributed by atoms with Crippen molar-refractivity contribution in [2.45, 2.75) is 19.5 Å². The van der Waals surface area contributed by atoms with E-state index in [4.69, 9.17) is 4.74 Å². The van der Waals surface area contributed by atoms with E-state index in [-0.39, 0.29) is 5.56 Å². The first-order valence-electron chi connectivity index (χ1n) is 10.9. The molecule has 0 saturated carbocycles. The van der Waals surface area contributed by atoms with Gasteiger partial charge in [-0.05, 0) is 40.3 Å². The van der Waals surface area contributed by atoms with E-state index >= 15 is 0 Å². The molecule has 9 heteroatoms. The lowest BCUT2D eigenvalue weighted by Crippen LogP contribution is -2.38. The third-order valence-electron chi connectivity index (χ3n) is 5.82. The average molecular weight is 454 g/mol. The van der Waals surface area contributed by atoms with E-state index in [9.17, 15) is 4.79 Å². The summed E-state index contributed by atoms with van der Waals surface area (Å²) in [4.78, 5) is 19.9. The number of fused-ring (bicyclic) bond motifs is 1. The van der Waals surface area contributed by atoms with Crippen molar-refractivity contribution in [2.75, 3.05) is 20.2 Å². The van der Waals surface area contributed by atoms with E-state index < -0.39 is 0 Å². The number of nitrogens with zero attached hydrogens (tertiary/aromatic N) is 6. The second-order valence-electron chi connectivity index (χ2n) is 8.04. The van der Waals surface area contributed by atoms with Crippen LogP contribution in [0.25, 0.3) is 11.4 Å². The normalized spacial score (nSPS) is 13.1. The van der Waals surface area contributed by atoms with Gasteiger partial charge in [0.2, 0.25) is 0 Å². The molecule has 0 aliphatic carbocycles. The molecule has 170 valence electrons. The Balaban J connectivity index is 1.27. The molecule has 0 atom stereocenters. The molecule has 9 nitrogen and oxygen atoms in total. The number of benzene rings is 2. The van der Waals surface area contributed by atoms with Crippen molar-refractivity contribution >= 4 is 0 Å². The van der Waals surface area contributed by atoms with Crippen LogP contribution in [0.4, 0.5) is 0 Å². The van der Waals surface area contributed by atoms with Crippen LogP contribution in [0, 0.1) is 11.8 Å². The lowest BCUT2D eigenvalue weighted by atomic mass is 10.1. The zero-order valence-electron chi connectivity index (χ0n) is 18.7. The van der Waals surface area contributed by atoms with E-state index in [2.05, 4.69) is 42.3 Å². The molecule has 1 aliphatic heterocycles. The van der Waals surface area contributed by atoms with E-state index in [1.54, 1.807) is 18.0 Å². The summed E-state index contributed by atoms with van der Waals surface area (Å²) in [6.45, 7) is 2.43. The van der Waals surface area contributed by atoms with Gasteiger partial charge in [0.05, 0.1) is 37.8 Å². The van der Waals surface area contributed by atoms with Gasteiger partial charge in [-0.2, -0.15) is 0 Å². The van der Waals surface area contributed by atoms with Gasteiger partial charge in [-0.1, -0.05) is 36.1 Å². The van der Waals surface area contributed by atoms with E-state index in [1.165, 1.54) is 0 Å². The van der Waals surface area contributed by atoms with Gasteiger partial charge in [0.1, 0.15) is 5.75 Å². The van der Waals surface area contributed by atoms with Crippen molar-refractivity contribution in [3.05, 3.63) is 87.6 Å². The van der Waals surface area contributed by atoms with Gasteiger partial charge < -0.3 is 4.74 Å². The standard InChI is InChI=1S/C25H23N7O2/c1-34-21-10-6-18(7-11-21)3-2-13-31-14-12-23-22(16-31)25(33)32(17-26-23)15-19-4-8-20(9-5-19)24-27-29-30-28-24/h4-11,17H,12-16H2,1H3,(H,27,28,29,30). The van der Waals surface area contributed by atoms with E-state index in [1.807, 2.05) is 48.5 Å². The van der Waals surface area contributed by atoms with Crippen LogP contribution in [0.1, 0.15) is 22.4 Å². The molecule has 0 radical (unpaired) electrons. The van der Waals surface area contributed by atoms with Crippen LogP contribution in [-0.2, 0) is 19.5 Å². The number of aromatic amines is 1. The van der Waals surface area contributed by atoms with Crippen molar-refractivity contribution in [1.29, 1.82) is 0 Å². The van der Waals surface area contributed by atoms with Crippen LogP contribution < -0.4 is 10.3 Å². The molecule has 2 aromatic heterocycles. The zero-order chi connectivity index (χ0) is 23.3. The fourth-order valence-electron chi connectivity index (χ4n) is 3.93. The fourth-order valence-corrected chi connectivity index (χ4v) is 3.93. The Morgan fingerprint density at radius 1 is 1.12 bits per heavy atom. The summed E-state index contributed by atoms with van der Waals surface area (Å²) in [5.41, 5.74) is 4.46. The molecule has 4 aromatic rings. The molecule has 34 heavy (non-hydrogen) atoms. The lowest BCUT2D eigenvalue weighted by Gasteiger charge is -2.26. The summed E-state index contributed by atoms with van der Waals surface area (Å²) in [7, 11) is 1.64. The highest BCUT2D eigenvalue weighted by Gasteiger charge is 2.20. The quantitative estimate of drug-likeness (QED) is 0.461. The molecule has 0 amide bonds. The predicted octanol–water partition coefficient (Wildman–Crippen LogP) is 1.89. The summed E-state index contributed by atoms with van der Waals surface area (Å²) in [5, 5.41) is 13.8. The molecule has 0 spiro atoms. The lowest BCUT2D eigenvalue weighted by molar-refractivity contribution is 0.280. The third-order valence-corrected chi connectivity index (χ3v) is 5.82. The minimum Gasteiger partial charge on any atom is -0.497 e. The fraction of sp³-hybridized carbons (Fsp3) is 0.240. The van der Waals surface area contributed by atoms with Gasteiger partial charge in [0, 0.05) is 30.6 Å². The second kappa shape index (κ2) is 9.68. The number of tetrazole rings is 1. The summed E-state index contributed by atoms with van der Waals surface area (Å²) in [5.74, 6) is 7.82. The molecule has 0 saturated heterocycles. The smallest absolute Gasteiger partial charge is 0.258 e.